The van der Waals surface area contributed by atoms with Gasteiger partial charge >= 0.3 is 0 Å². The Morgan fingerprint density at radius 2 is 2.14 bits per heavy atom. The number of benzene rings is 1. The van der Waals surface area contributed by atoms with E-state index in [1.807, 2.05) is 13.0 Å². The number of aryl methyl sites for hydroxylation is 2. The van der Waals surface area contributed by atoms with Gasteiger partial charge in [-0.2, -0.15) is 0 Å². The number of aromatic nitrogens is 1. The molecule has 1 amide bonds. The Morgan fingerprint density at radius 1 is 1.36 bits per heavy atom. The molecular formula is C24H31N3O. The number of nitrogens with one attached hydrogen (secondary N) is 1. The second-order valence-electron chi connectivity index (χ2n) is 8.00. The van der Waals surface area contributed by atoms with Gasteiger partial charge in [0.1, 0.15) is 5.69 Å². The normalized spacial score (nSPS) is 16.8. The van der Waals surface area contributed by atoms with Crippen LogP contribution < -0.4 is 11.1 Å². The highest BCUT2D eigenvalue weighted by Crippen LogP contribution is 2.32. The molecule has 1 aromatic carbocycles. The fourth-order valence-corrected chi connectivity index (χ4v) is 3.93. The summed E-state index contributed by atoms with van der Waals surface area (Å²) in [5.41, 5.74) is 13.2. The van der Waals surface area contributed by atoms with E-state index >= 15 is 0 Å². The van der Waals surface area contributed by atoms with E-state index in [0.29, 0.717) is 5.69 Å². The molecule has 0 aliphatic heterocycles. The number of nitrogens with two attached hydrogens (primary N) is 1. The molecule has 0 bridgehead atoms. The Balaban J connectivity index is 1.86. The number of pyridine rings is 1. The molecule has 28 heavy (non-hydrogen) atoms. The van der Waals surface area contributed by atoms with Gasteiger partial charge in [0.05, 0.1) is 6.04 Å². The van der Waals surface area contributed by atoms with Crippen LogP contribution >= 0.6 is 0 Å². The Bertz CT molecular complexity index is 899. The van der Waals surface area contributed by atoms with Crippen molar-refractivity contribution in [3.8, 4) is 0 Å². The van der Waals surface area contributed by atoms with E-state index in [0.717, 1.165) is 48.1 Å². The fraction of sp³-hybridized carbons (Fsp3) is 0.417. The quantitative estimate of drug-likeness (QED) is 0.768. The largest absolute Gasteiger partial charge is 0.399 e. The number of hydrogen-bond donors (Lipinski definition) is 2. The van der Waals surface area contributed by atoms with E-state index in [9.17, 15) is 4.79 Å². The van der Waals surface area contributed by atoms with Gasteiger partial charge in [-0.15, -0.1) is 0 Å². The highest BCUT2D eigenvalue weighted by Gasteiger charge is 2.24. The van der Waals surface area contributed by atoms with Crippen molar-refractivity contribution in [2.45, 2.75) is 65.3 Å². The molecule has 3 rings (SSSR count). The lowest BCUT2D eigenvalue weighted by Crippen LogP contribution is -2.32. The minimum atomic E-state index is -0.0870. The average Bonchev–Trinajstić information content (AvgIpc) is 2.67. The number of nitrogens with zero attached hydrogens (tertiary/aromatic N) is 1. The lowest BCUT2D eigenvalue weighted by Gasteiger charge is -2.27. The molecule has 2 aromatic rings. The first-order valence-corrected chi connectivity index (χ1v) is 10.3. The van der Waals surface area contributed by atoms with Crippen LogP contribution in [0.2, 0.25) is 0 Å². The standard InChI is InChI=1S/C24H31N3O/c1-5-7-21(25)18-10-11-19-17(13-18)8-6-9-22(19)27-24(28)23-20(15(2)3)12-16(4)14-26-23/h7,10-15,22H,5-6,8-9,25H2,1-4H3,(H,27,28)/b21-7+/t22-/m0/s1. The lowest BCUT2D eigenvalue weighted by molar-refractivity contribution is 0.0926. The smallest absolute Gasteiger partial charge is 0.270 e. The van der Waals surface area contributed by atoms with Crippen LogP contribution in [0.5, 0.6) is 0 Å². The molecule has 148 valence electrons. The van der Waals surface area contributed by atoms with E-state index in [2.05, 4.69) is 55.3 Å². The van der Waals surface area contributed by atoms with Crippen LogP contribution in [0.1, 0.15) is 90.3 Å². The maximum absolute atomic E-state index is 13.0. The monoisotopic (exact) mass is 377 g/mol. The maximum atomic E-state index is 13.0. The third kappa shape index (κ3) is 4.27. The lowest BCUT2D eigenvalue weighted by atomic mass is 9.86. The second kappa shape index (κ2) is 8.59. The van der Waals surface area contributed by atoms with E-state index in [1.165, 1.54) is 11.1 Å². The van der Waals surface area contributed by atoms with Gasteiger partial charge < -0.3 is 11.1 Å². The van der Waals surface area contributed by atoms with E-state index in [4.69, 9.17) is 5.73 Å². The van der Waals surface area contributed by atoms with Crippen LogP contribution in [0.25, 0.3) is 5.70 Å². The first kappa shape index (κ1) is 20.1. The van der Waals surface area contributed by atoms with E-state index in [1.54, 1.807) is 6.20 Å². The molecule has 1 aromatic heterocycles. The Kier molecular flexibility index (Phi) is 6.18. The molecular weight excluding hydrogens is 346 g/mol. The summed E-state index contributed by atoms with van der Waals surface area (Å²) in [6.45, 7) is 8.29. The van der Waals surface area contributed by atoms with Crippen LogP contribution in [-0.4, -0.2) is 10.9 Å². The fourth-order valence-electron chi connectivity index (χ4n) is 3.93. The molecule has 1 aliphatic rings. The molecule has 0 radical (unpaired) electrons. The first-order valence-electron chi connectivity index (χ1n) is 10.3. The van der Waals surface area contributed by atoms with E-state index < -0.39 is 0 Å². The number of rotatable bonds is 5. The summed E-state index contributed by atoms with van der Waals surface area (Å²) >= 11 is 0. The highest BCUT2D eigenvalue weighted by atomic mass is 16.1. The molecule has 0 spiro atoms. The molecule has 4 heteroatoms. The van der Waals surface area contributed by atoms with Crippen molar-refractivity contribution in [1.29, 1.82) is 0 Å². The summed E-state index contributed by atoms with van der Waals surface area (Å²) in [5, 5.41) is 3.23. The van der Waals surface area contributed by atoms with Gasteiger partial charge in [0.2, 0.25) is 0 Å². The van der Waals surface area contributed by atoms with Crippen molar-refractivity contribution in [1.82, 2.24) is 10.3 Å². The van der Waals surface area contributed by atoms with Gasteiger partial charge in [0.15, 0.2) is 0 Å². The van der Waals surface area contributed by atoms with Crippen molar-refractivity contribution in [2.75, 3.05) is 0 Å². The summed E-state index contributed by atoms with van der Waals surface area (Å²) < 4.78 is 0. The molecule has 1 heterocycles. The average molecular weight is 378 g/mol. The summed E-state index contributed by atoms with van der Waals surface area (Å²) in [6, 6.07) is 8.45. The Hall–Kier alpha value is -2.62. The third-order valence-electron chi connectivity index (χ3n) is 5.41. The summed E-state index contributed by atoms with van der Waals surface area (Å²) in [6.07, 6.45) is 7.75. The SMILES string of the molecule is CC/C=C(/N)c1ccc2c(c1)CCC[C@@H]2NC(=O)c1ncc(C)cc1C(C)C. The third-order valence-corrected chi connectivity index (χ3v) is 5.41. The minimum Gasteiger partial charge on any atom is -0.399 e. The van der Waals surface area contributed by atoms with Crippen molar-refractivity contribution < 1.29 is 4.79 Å². The zero-order valence-corrected chi connectivity index (χ0v) is 17.4. The van der Waals surface area contributed by atoms with Crippen LogP contribution in [0.3, 0.4) is 0 Å². The summed E-state index contributed by atoms with van der Waals surface area (Å²) in [7, 11) is 0. The van der Waals surface area contributed by atoms with Crippen molar-refractivity contribution in [3.05, 3.63) is 70.0 Å². The molecule has 1 atom stereocenters. The van der Waals surface area contributed by atoms with Crippen molar-refractivity contribution >= 4 is 11.6 Å². The topological polar surface area (TPSA) is 68.0 Å². The van der Waals surface area contributed by atoms with Gasteiger partial charge in [-0.25, -0.2) is 0 Å². The van der Waals surface area contributed by atoms with Crippen molar-refractivity contribution in [2.24, 2.45) is 5.73 Å². The minimum absolute atomic E-state index is 0.0183. The molecule has 4 nitrogen and oxygen atoms in total. The molecule has 3 N–H and O–H groups in total. The Morgan fingerprint density at radius 3 is 2.86 bits per heavy atom. The van der Waals surface area contributed by atoms with Crippen LogP contribution in [0.15, 0.2) is 36.5 Å². The summed E-state index contributed by atoms with van der Waals surface area (Å²) in [4.78, 5) is 17.5. The zero-order valence-electron chi connectivity index (χ0n) is 17.4. The highest BCUT2D eigenvalue weighted by molar-refractivity contribution is 5.94. The van der Waals surface area contributed by atoms with Crippen LogP contribution in [0, 0.1) is 6.92 Å². The number of carbonyl (C=O) groups is 1. The first-order chi connectivity index (χ1) is 13.4. The second-order valence-corrected chi connectivity index (χ2v) is 8.00. The zero-order chi connectivity index (χ0) is 20.3. The molecule has 0 fully saturated rings. The van der Waals surface area contributed by atoms with Gasteiger partial charge in [-0.05, 0) is 72.4 Å². The maximum Gasteiger partial charge on any atom is 0.270 e. The van der Waals surface area contributed by atoms with Crippen molar-refractivity contribution in [3.63, 3.8) is 0 Å². The predicted molar refractivity (Wildman–Crippen MR) is 115 cm³/mol. The predicted octanol–water partition coefficient (Wildman–Crippen LogP) is 5.03. The van der Waals surface area contributed by atoms with E-state index in [-0.39, 0.29) is 17.9 Å². The van der Waals surface area contributed by atoms with Gasteiger partial charge in [0.25, 0.3) is 5.91 Å². The number of fused-ring (bicyclic) bond motifs is 1. The number of carbonyl (C=O) groups excluding carboxylic acids is 1. The molecule has 0 saturated carbocycles. The van der Waals surface area contributed by atoms with Gasteiger partial charge in [-0.1, -0.05) is 45.0 Å². The summed E-state index contributed by atoms with van der Waals surface area (Å²) in [5.74, 6) is 0.165. The number of amides is 1. The number of hydrogen-bond acceptors (Lipinski definition) is 3. The molecule has 0 unspecified atom stereocenters. The molecule has 1 aliphatic carbocycles. The Labute approximate surface area is 168 Å². The van der Waals surface area contributed by atoms with Gasteiger partial charge in [0, 0.05) is 11.9 Å². The number of allylic oxidation sites excluding steroid dienone is 1. The van der Waals surface area contributed by atoms with Crippen LogP contribution in [-0.2, 0) is 6.42 Å². The van der Waals surface area contributed by atoms with Gasteiger partial charge in [-0.3, -0.25) is 9.78 Å². The molecule has 0 saturated heterocycles. The van der Waals surface area contributed by atoms with Crippen LogP contribution in [0.4, 0.5) is 0 Å².